The fourth-order valence-corrected chi connectivity index (χ4v) is 2.45. The highest BCUT2D eigenvalue weighted by atomic mass is 19.1. The first-order valence-electron chi connectivity index (χ1n) is 7.56. The minimum Gasteiger partial charge on any atom is -0.496 e. The van der Waals surface area contributed by atoms with E-state index in [9.17, 15) is 9.18 Å². The van der Waals surface area contributed by atoms with Gasteiger partial charge < -0.3 is 9.47 Å². The Bertz CT molecular complexity index is 838. The summed E-state index contributed by atoms with van der Waals surface area (Å²) in [6.07, 6.45) is 2.48. The van der Waals surface area contributed by atoms with Gasteiger partial charge in [-0.25, -0.2) is 14.2 Å². The summed E-state index contributed by atoms with van der Waals surface area (Å²) in [7, 11) is 1.63. The van der Waals surface area contributed by atoms with Crippen LogP contribution in [0.3, 0.4) is 0 Å². The van der Waals surface area contributed by atoms with Crippen LogP contribution in [0.4, 0.5) is 4.39 Å². The van der Waals surface area contributed by atoms with Crippen LogP contribution in [-0.2, 0) is 16.0 Å². The summed E-state index contributed by atoms with van der Waals surface area (Å²) in [6, 6.07) is 11.3. The van der Waals surface area contributed by atoms with Gasteiger partial charge >= 0.3 is 5.97 Å². The summed E-state index contributed by atoms with van der Waals surface area (Å²) < 4.78 is 23.4. The minimum absolute atomic E-state index is 0.176. The Hall–Kier alpha value is -2.95. The number of hydrogen-bond donors (Lipinski definition) is 0. The molecule has 0 aliphatic carbocycles. The standard InChI is InChI=1S/C19H16FNO3/c1-3-13-10-12(4-9-17(13)23-2)11-16-19(22)24-18(21-16)14-5-7-15(20)8-6-14/h4-11H,3H2,1-2H3/b16-11+. The number of methoxy groups -OCH3 is 1. The summed E-state index contributed by atoms with van der Waals surface area (Å²) in [6.45, 7) is 2.03. The van der Waals surface area contributed by atoms with Crippen LogP contribution >= 0.6 is 0 Å². The van der Waals surface area contributed by atoms with Gasteiger partial charge in [0.25, 0.3) is 0 Å². The van der Waals surface area contributed by atoms with Crippen LogP contribution in [0.2, 0.25) is 0 Å². The van der Waals surface area contributed by atoms with Crippen LogP contribution in [0.25, 0.3) is 6.08 Å². The van der Waals surface area contributed by atoms with Crippen LogP contribution in [0.15, 0.2) is 53.2 Å². The molecular formula is C19H16FNO3. The van der Waals surface area contributed by atoms with E-state index in [2.05, 4.69) is 4.99 Å². The van der Waals surface area contributed by atoms with Crippen LogP contribution in [0.5, 0.6) is 5.75 Å². The summed E-state index contributed by atoms with van der Waals surface area (Å²) >= 11 is 0. The Kier molecular flexibility index (Phi) is 4.42. The number of carbonyl (C=O) groups is 1. The number of aryl methyl sites for hydroxylation is 1. The quantitative estimate of drug-likeness (QED) is 0.635. The van der Waals surface area contributed by atoms with Gasteiger partial charge in [0.15, 0.2) is 5.70 Å². The van der Waals surface area contributed by atoms with E-state index in [-0.39, 0.29) is 17.4 Å². The molecule has 3 rings (SSSR count). The van der Waals surface area contributed by atoms with Crippen LogP contribution in [0, 0.1) is 5.82 Å². The van der Waals surface area contributed by atoms with Crippen LogP contribution in [0.1, 0.15) is 23.6 Å². The molecular weight excluding hydrogens is 309 g/mol. The Morgan fingerprint density at radius 2 is 1.96 bits per heavy atom. The molecule has 1 aliphatic heterocycles. The molecule has 0 saturated heterocycles. The molecule has 4 nitrogen and oxygen atoms in total. The van der Waals surface area contributed by atoms with Gasteiger partial charge in [0.1, 0.15) is 11.6 Å². The van der Waals surface area contributed by atoms with Gasteiger partial charge in [-0.15, -0.1) is 0 Å². The van der Waals surface area contributed by atoms with Crippen molar-refractivity contribution in [2.45, 2.75) is 13.3 Å². The number of halogens is 1. The molecule has 0 fully saturated rings. The van der Waals surface area contributed by atoms with Gasteiger partial charge in [-0.1, -0.05) is 13.0 Å². The Morgan fingerprint density at radius 3 is 2.62 bits per heavy atom. The lowest BCUT2D eigenvalue weighted by Crippen LogP contribution is -2.05. The number of benzene rings is 2. The van der Waals surface area contributed by atoms with E-state index in [4.69, 9.17) is 9.47 Å². The number of cyclic esters (lactones) is 1. The number of hydrogen-bond acceptors (Lipinski definition) is 4. The van der Waals surface area contributed by atoms with E-state index in [1.54, 1.807) is 13.2 Å². The van der Waals surface area contributed by atoms with Crippen molar-refractivity contribution in [2.75, 3.05) is 7.11 Å². The Labute approximate surface area is 139 Å². The van der Waals surface area contributed by atoms with E-state index < -0.39 is 5.97 Å². The van der Waals surface area contributed by atoms with Crippen molar-refractivity contribution >= 4 is 17.9 Å². The van der Waals surface area contributed by atoms with Gasteiger partial charge in [0.05, 0.1) is 7.11 Å². The van der Waals surface area contributed by atoms with Crippen molar-refractivity contribution in [3.8, 4) is 5.75 Å². The maximum Gasteiger partial charge on any atom is 0.363 e. The maximum absolute atomic E-state index is 13.0. The highest BCUT2D eigenvalue weighted by Crippen LogP contribution is 2.24. The third kappa shape index (κ3) is 3.20. The molecule has 0 bridgehead atoms. The van der Waals surface area contributed by atoms with E-state index in [1.165, 1.54) is 24.3 Å². The molecule has 2 aromatic carbocycles. The molecule has 1 heterocycles. The fraction of sp³-hybridized carbons (Fsp3) is 0.158. The van der Waals surface area contributed by atoms with Crippen LogP contribution in [-0.4, -0.2) is 19.0 Å². The third-order valence-electron chi connectivity index (χ3n) is 3.70. The van der Waals surface area contributed by atoms with Gasteiger partial charge in [0.2, 0.25) is 5.90 Å². The number of aliphatic imine (C=N–C) groups is 1. The van der Waals surface area contributed by atoms with E-state index >= 15 is 0 Å². The molecule has 0 N–H and O–H groups in total. The number of esters is 1. The molecule has 5 heteroatoms. The van der Waals surface area contributed by atoms with Gasteiger partial charge in [-0.2, -0.15) is 0 Å². The molecule has 0 unspecified atom stereocenters. The second-order valence-electron chi connectivity index (χ2n) is 5.27. The molecule has 0 spiro atoms. The number of nitrogens with zero attached hydrogens (tertiary/aromatic N) is 1. The minimum atomic E-state index is -0.525. The zero-order chi connectivity index (χ0) is 17.1. The largest absolute Gasteiger partial charge is 0.496 e. The molecule has 2 aromatic rings. The second-order valence-corrected chi connectivity index (χ2v) is 5.27. The third-order valence-corrected chi connectivity index (χ3v) is 3.70. The van der Waals surface area contributed by atoms with Gasteiger partial charge in [-0.05, 0) is 60.0 Å². The molecule has 24 heavy (non-hydrogen) atoms. The molecule has 0 saturated carbocycles. The van der Waals surface area contributed by atoms with Crippen molar-refractivity contribution in [3.05, 3.63) is 70.7 Å². The molecule has 0 radical (unpaired) electrons. The predicted octanol–water partition coefficient (Wildman–Crippen LogP) is 3.74. The zero-order valence-corrected chi connectivity index (χ0v) is 13.4. The van der Waals surface area contributed by atoms with Crippen molar-refractivity contribution in [1.82, 2.24) is 0 Å². The average molecular weight is 325 g/mol. The van der Waals surface area contributed by atoms with Crippen LogP contribution < -0.4 is 4.74 Å². The van der Waals surface area contributed by atoms with Crippen molar-refractivity contribution < 1.29 is 18.7 Å². The summed E-state index contributed by atoms with van der Waals surface area (Å²) in [5.41, 5.74) is 2.64. The number of carbonyl (C=O) groups excluding carboxylic acids is 1. The van der Waals surface area contributed by atoms with Gasteiger partial charge in [-0.3, -0.25) is 0 Å². The SMILES string of the molecule is CCc1cc(/C=C2/N=C(c3ccc(F)cc3)OC2=O)ccc1OC. The first-order chi connectivity index (χ1) is 11.6. The lowest BCUT2D eigenvalue weighted by atomic mass is 10.1. The fourth-order valence-electron chi connectivity index (χ4n) is 2.45. The van der Waals surface area contributed by atoms with Crippen molar-refractivity contribution in [1.29, 1.82) is 0 Å². The monoisotopic (exact) mass is 325 g/mol. The zero-order valence-electron chi connectivity index (χ0n) is 13.4. The highest BCUT2D eigenvalue weighted by Gasteiger charge is 2.24. The Morgan fingerprint density at radius 1 is 1.21 bits per heavy atom. The highest BCUT2D eigenvalue weighted by molar-refractivity contribution is 6.12. The smallest absolute Gasteiger partial charge is 0.363 e. The topological polar surface area (TPSA) is 47.9 Å². The lowest BCUT2D eigenvalue weighted by molar-refractivity contribution is -0.129. The first kappa shape index (κ1) is 15.9. The number of ether oxygens (including phenoxy) is 2. The molecule has 0 aromatic heterocycles. The Balaban J connectivity index is 1.92. The predicted molar refractivity (Wildman–Crippen MR) is 89.4 cm³/mol. The average Bonchev–Trinajstić information content (AvgIpc) is 2.96. The first-order valence-corrected chi connectivity index (χ1v) is 7.56. The number of rotatable bonds is 4. The lowest BCUT2D eigenvalue weighted by Gasteiger charge is -2.07. The second kappa shape index (κ2) is 6.66. The molecule has 122 valence electrons. The van der Waals surface area contributed by atoms with E-state index in [0.29, 0.717) is 5.56 Å². The normalized spacial score (nSPS) is 15.4. The summed E-state index contributed by atoms with van der Waals surface area (Å²) in [5, 5.41) is 0. The van der Waals surface area contributed by atoms with E-state index in [0.717, 1.165) is 23.3 Å². The van der Waals surface area contributed by atoms with Crippen molar-refractivity contribution in [3.63, 3.8) is 0 Å². The molecule has 1 aliphatic rings. The van der Waals surface area contributed by atoms with E-state index in [1.807, 2.05) is 25.1 Å². The maximum atomic E-state index is 13.0. The summed E-state index contributed by atoms with van der Waals surface area (Å²) in [5.74, 6) is 0.104. The molecule has 0 atom stereocenters. The summed E-state index contributed by atoms with van der Waals surface area (Å²) in [4.78, 5) is 16.2. The van der Waals surface area contributed by atoms with Gasteiger partial charge in [0, 0.05) is 5.56 Å². The van der Waals surface area contributed by atoms with Crippen molar-refractivity contribution in [2.24, 2.45) is 4.99 Å². The molecule has 0 amide bonds.